The number of carbonyl (C=O) groups excluding carboxylic acids is 2. The molecule has 0 aliphatic rings. The lowest BCUT2D eigenvalue weighted by Gasteiger charge is -2.13. The molecule has 3 N–H and O–H groups in total. The van der Waals surface area contributed by atoms with Crippen LogP contribution in [0, 0.1) is 28.7 Å². The average Bonchev–Trinajstić information content (AvgIpc) is 2.66. The van der Waals surface area contributed by atoms with Crippen molar-refractivity contribution in [3.8, 4) is 17.6 Å². The molecule has 0 atom stereocenters. The van der Waals surface area contributed by atoms with Gasteiger partial charge >= 0.3 is 0 Å². The molecule has 0 fully saturated rings. The molecule has 0 saturated carbocycles. The van der Waals surface area contributed by atoms with Crippen LogP contribution in [0.4, 0.5) is 5.69 Å². The molecule has 0 saturated heterocycles. The zero-order chi connectivity index (χ0) is 21.6. The molecule has 29 heavy (non-hydrogen) atoms. The highest BCUT2D eigenvalue weighted by Crippen LogP contribution is 2.34. The number of primary amides is 1. The molecule has 0 bridgehead atoms. The molecule has 0 aliphatic carbocycles. The molecule has 150 valence electrons. The predicted molar refractivity (Wildman–Crippen MR) is 119 cm³/mol. The molecule has 8 heteroatoms. The summed E-state index contributed by atoms with van der Waals surface area (Å²) < 4.78 is 11.3. The van der Waals surface area contributed by atoms with Crippen molar-refractivity contribution in [3.63, 3.8) is 0 Å². The molecule has 0 radical (unpaired) electrons. The fourth-order valence-corrected chi connectivity index (χ4v) is 3.35. The molecule has 2 amide bonds. The van der Waals surface area contributed by atoms with Gasteiger partial charge < -0.3 is 20.5 Å². The van der Waals surface area contributed by atoms with Crippen molar-refractivity contribution < 1.29 is 19.1 Å². The van der Waals surface area contributed by atoms with Gasteiger partial charge in [-0.05, 0) is 71.8 Å². The van der Waals surface area contributed by atoms with Crippen LogP contribution in [0.5, 0.6) is 11.5 Å². The maximum atomic E-state index is 12.6. The van der Waals surface area contributed by atoms with Gasteiger partial charge in [-0.3, -0.25) is 9.59 Å². The second-order valence-electron chi connectivity index (χ2n) is 6.23. The number of nitrogens with one attached hydrogen (secondary N) is 1. The summed E-state index contributed by atoms with van der Waals surface area (Å²) >= 11 is 2.01. The Morgan fingerprint density at radius 2 is 2.00 bits per heavy atom. The summed E-state index contributed by atoms with van der Waals surface area (Å²) in [4.78, 5) is 23.5. The zero-order valence-electron chi connectivity index (χ0n) is 16.2. The summed E-state index contributed by atoms with van der Waals surface area (Å²) in [5, 5.41) is 12.2. The van der Waals surface area contributed by atoms with Crippen LogP contribution in [-0.4, -0.2) is 25.5 Å². The summed E-state index contributed by atoms with van der Waals surface area (Å²) in [5.74, 6) is -0.400. The fraction of sp³-hybridized carbons (Fsp3) is 0.190. The van der Waals surface area contributed by atoms with Crippen molar-refractivity contribution >= 4 is 46.2 Å². The highest BCUT2D eigenvalue weighted by molar-refractivity contribution is 14.1. The van der Waals surface area contributed by atoms with Crippen LogP contribution in [0.15, 0.2) is 35.9 Å². The van der Waals surface area contributed by atoms with Gasteiger partial charge in [0.2, 0.25) is 0 Å². The summed E-state index contributed by atoms with van der Waals surface area (Å²) in [5.41, 5.74) is 8.26. The van der Waals surface area contributed by atoms with Gasteiger partial charge in [-0.1, -0.05) is 17.7 Å². The monoisotopic (exact) mass is 505 g/mol. The number of benzene rings is 2. The van der Waals surface area contributed by atoms with E-state index in [1.165, 1.54) is 13.2 Å². The number of hydrogen-bond acceptors (Lipinski definition) is 5. The first-order valence-electron chi connectivity index (χ1n) is 8.54. The van der Waals surface area contributed by atoms with Gasteiger partial charge in [-0.25, -0.2) is 0 Å². The molecule has 0 unspecified atom stereocenters. The van der Waals surface area contributed by atoms with Crippen LogP contribution in [0.1, 0.15) is 16.7 Å². The van der Waals surface area contributed by atoms with Gasteiger partial charge in [0.15, 0.2) is 18.1 Å². The second kappa shape index (κ2) is 9.93. The van der Waals surface area contributed by atoms with Crippen LogP contribution in [0.25, 0.3) is 6.08 Å². The maximum Gasteiger partial charge on any atom is 0.266 e. The summed E-state index contributed by atoms with van der Waals surface area (Å²) in [6.07, 6.45) is 1.46. The lowest BCUT2D eigenvalue weighted by Crippen LogP contribution is -2.20. The third kappa shape index (κ3) is 5.96. The SMILES string of the molecule is COc1cc(/C=C(\C#N)C(=O)Nc2ccc(C)cc2C)cc(I)c1OCC(N)=O. The first kappa shape index (κ1) is 22.2. The predicted octanol–water partition coefficient (Wildman–Crippen LogP) is 3.33. The minimum atomic E-state index is -0.610. The Labute approximate surface area is 182 Å². The van der Waals surface area contributed by atoms with Crippen LogP contribution in [0.3, 0.4) is 0 Å². The van der Waals surface area contributed by atoms with Gasteiger partial charge in [0.05, 0.1) is 10.7 Å². The standard InChI is InChI=1S/C21H20IN3O4/c1-12-4-5-17(13(2)6-12)25-21(27)15(10-23)7-14-8-16(22)20(18(9-14)28-3)29-11-19(24)26/h4-9H,11H2,1-3H3,(H2,24,26)(H,25,27)/b15-7+. The van der Waals surface area contributed by atoms with Crippen LogP contribution >= 0.6 is 22.6 Å². The van der Waals surface area contributed by atoms with Crippen molar-refractivity contribution in [2.75, 3.05) is 19.0 Å². The van der Waals surface area contributed by atoms with Crippen LogP contribution in [0.2, 0.25) is 0 Å². The highest BCUT2D eigenvalue weighted by Gasteiger charge is 2.15. The van der Waals surface area contributed by atoms with Crippen molar-refractivity contribution in [2.24, 2.45) is 5.73 Å². The number of nitrogens with zero attached hydrogens (tertiary/aromatic N) is 1. The van der Waals surface area contributed by atoms with Gasteiger partial charge in [-0.2, -0.15) is 5.26 Å². The Bertz CT molecular complexity index is 1030. The van der Waals surface area contributed by atoms with Gasteiger partial charge in [0, 0.05) is 5.69 Å². The normalized spacial score (nSPS) is 10.8. The average molecular weight is 505 g/mol. The second-order valence-corrected chi connectivity index (χ2v) is 7.39. The van der Waals surface area contributed by atoms with E-state index in [1.807, 2.05) is 54.6 Å². The number of carbonyl (C=O) groups is 2. The van der Waals surface area contributed by atoms with E-state index in [9.17, 15) is 14.9 Å². The van der Waals surface area contributed by atoms with Gasteiger partial charge in [0.1, 0.15) is 11.6 Å². The third-order valence-electron chi connectivity index (χ3n) is 3.92. The topological polar surface area (TPSA) is 114 Å². The van der Waals surface area contributed by atoms with Crippen molar-refractivity contribution in [3.05, 3.63) is 56.2 Å². The number of nitriles is 1. The van der Waals surface area contributed by atoms with Crippen LogP contribution in [-0.2, 0) is 9.59 Å². The highest BCUT2D eigenvalue weighted by atomic mass is 127. The molecule has 2 aromatic rings. The Morgan fingerprint density at radius 3 is 2.59 bits per heavy atom. The van der Waals surface area contributed by atoms with E-state index in [0.717, 1.165) is 11.1 Å². The summed E-state index contributed by atoms with van der Waals surface area (Å²) in [7, 11) is 1.45. The molecule has 0 spiro atoms. The van der Waals surface area contributed by atoms with Crippen molar-refractivity contribution in [2.45, 2.75) is 13.8 Å². The number of amides is 2. The van der Waals surface area contributed by atoms with Gasteiger partial charge in [0.25, 0.3) is 11.8 Å². The summed E-state index contributed by atoms with van der Waals surface area (Å²) in [6, 6.07) is 10.9. The number of halogens is 1. The fourth-order valence-electron chi connectivity index (χ4n) is 2.57. The lowest BCUT2D eigenvalue weighted by molar-refractivity contribution is -0.120. The molecule has 7 nitrogen and oxygen atoms in total. The van der Waals surface area contributed by atoms with E-state index >= 15 is 0 Å². The number of nitrogens with two attached hydrogens (primary N) is 1. The Kier molecular flexibility index (Phi) is 7.61. The molecule has 0 aromatic heterocycles. The van der Waals surface area contributed by atoms with E-state index in [4.69, 9.17) is 15.2 Å². The zero-order valence-corrected chi connectivity index (χ0v) is 18.4. The van der Waals surface area contributed by atoms with E-state index in [-0.39, 0.29) is 12.2 Å². The number of ether oxygens (including phenoxy) is 2. The van der Waals surface area contributed by atoms with Crippen molar-refractivity contribution in [1.29, 1.82) is 5.26 Å². The molecular formula is C21H20IN3O4. The number of rotatable bonds is 7. The Morgan fingerprint density at radius 1 is 1.28 bits per heavy atom. The number of hydrogen-bond donors (Lipinski definition) is 2. The van der Waals surface area contributed by atoms with E-state index in [1.54, 1.807) is 18.2 Å². The Balaban J connectivity index is 2.32. The minimum Gasteiger partial charge on any atom is -0.493 e. The largest absolute Gasteiger partial charge is 0.493 e. The number of aryl methyl sites for hydroxylation is 2. The van der Waals surface area contributed by atoms with E-state index < -0.39 is 11.8 Å². The summed E-state index contributed by atoms with van der Waals surface area (Å²) in [6.45, 7) is 3.56. The number of methoxy groups -OCH3 is 1. The van der Waals surface area contributed by atoms with Crippen LogP contribution < -0.4 is 20.5 Å². The number of anilines is 1. The molecule has 0 heterocycles. The third-order valence-corrected chi connectivity index (χ3v) is 4.72. The molecule has 2 aromatic carbocycles. The van der Waals surface area contributed by atoms with E-state index in [0.29, 0.717) is 26.3 Å². The molecule has 0 aliphatic heterocycles. The van der Waals surface area contributed by atoms with Crippen molar-refractivity contribution in [1.82, 2.24) is 0 Å². The van der Waals surface area contributed by atoms with E-state index in [2.05, 4.69) is 5.32 Å². The maximum absolute atomic E-state index is 12.6. The first-order valence-corrected chi connectivity index (χ1v) is 9.62. The smallest absolute Gasteiger partial charge is 0.266 e. The minimum absolute atomic E-state index is 0.0615. The van der Waals surface area contributed by atoms with Gasteiger partial charge in [-0.15, -0.1) is 0 Å². The molecule has 2 rings (SSSR count). The quantitative estimate of drug-likeness (QED) is 0.341. The molecular weight excluding hydrogens is 485 g/mol. The first-order chi connectivity index (χ1) is 13.7. The Hall–Kier alpha value is -3.06. The lowest BCUT2D eigenvalue weighted by atomic mass is 10.1.